The van der Waals surface area contributed by atoms with E-state index in [1.165, 1.54) is 0 Å². The molecule has 2 saturated heterocycles. The minimum absolute atomic E-state index is 0.215. The van der Waals surface area contributed by atoms with E-state index in [2.05, 4.69) is 27.1 Å². The van der Waals surface area contributed by atoms with E-state index in [1.54, 1.807) is 18.0 Å². The van der Waals surface area contributed by atoms with Gasteiger partial charge in [-0.15, -0.1) is 10.2 Å². The number of ether oxygens (including phenoxy) is 2. The molecule has 0 bridgehead atoms. The lowest BCUT2D eigenvalue weighted by Crippen LogP contribution is -2.61. The standard InChI is InChI=1S/C20H22N6O3/c1-3-20-11-24(8-9-25(20)19(27)29-12-20)17-10-16(23-26-13-21-22-18(17)26)14-4-6-15(28-2)7-5-14/h4-7,10,13H,3,8-9,11-12H2,1-2H3. The van der Waals surface area contributed by atoms with Crippen molar-refractivity contribution in [2.24, 2.45) is 0 Å². The Hall–Kier alpha value is -3.36. The van der Waals surface area contributed by atoms with E-state index in [4.69, 9.17) is 9.47 Å². The summed E-state index contributed by atoms with van der Waals surface area (Å²) < 4.78 is 12.3. The predicted octanol–water partition coefficient (Wildman–Crippen LogP) is 2.22. The van der Waals surface area contributed by atoms with Gasteiger partial charge in [-0.05, 0) is 36.8 Å². The van der Waals surface area contributed by atoms with Crippen molar-refractivity contribution >= 4 is 17.4 Å². The smallest absolute Gasteiger partial charge is 0.410 e. The summed E-state index contributed by atoms with van der Waals surface area (Å²) >= 11 is 0. The number of aromatic nitrogens is 4. The number of methoxy groups -OCH3 is 1. The number of hydrogen-bond acceptors (Lipinski definition) is 7. The Morgan fingerprint density at radius 2 is 2.07 bits per heavy atom. The van der Waals surface area contributed by atoms with Crippen LogP contribution in [0.2, 0.25) is 0 Å². The molecule has 0 N–H and O–H groups in total. The summed E-state index contributed by atoms with van der Waals surface area (Å²) in [7, 11) is 1.65. The summed E-state index contributed by atoms with van der Waals surface area (Å²) in [6.07, 6.45) is 2.22. The van der Waals surface area contributed by atoms with E-state index in [-0.39, 0.29) is 11.6 Å². The van der Waals surface area contributed by atoms with Crippen molar-refractivity contribution < 1.29 is 14.3 Å². The summed E-state index contributed by atoms with van der Waals surface area (Å²) in [4.78, 5) is 16.3. The number of amides is 1. The van der Waals surface area contributed by atoms with Crippen molar-refractivity contribution in [3.8, 4) is 17.0 Å². The van der Waals surface area contributed by atoms with Crippen LogP contribution >= 0.6 is 0 Å². The van der Waals surface area contributed by atoms with Crippen LogP contribution < -0.4 is 9.64 Å². The van der Waals surface area contributed by atoms with Gasteiger partial charge < -0.3 is 14.4 Å². The van der Waals surface area contributed by atoms with Gasteiger partial charge in [0.15, 0.2) is 0 Å². The van der Waals surface area contributed by atoms with Gasteiger partial charge in [-0.1, -0.05) is 6.92 Å². The van der Waals surface area contributed by atoms with Gasteiger partial charge >= 0.3 is 6.09 Å². The van der Waals surface area contributed by atoms with E-state index >= 15 is 0 Å². The van der Waals surface area contributed by atoms with E-state index < -0.39 is 0 Å². The van der Waals surface area contributed by atoms with Crippen molar-refractivity contribution in [3.05, 3.63) is 36.7 Å². The lowest BCUT2D eigenvalue weighted by Gasteiger charge is -2.45. The monoisotopic (exact) mass is 394 g/mol. The van der Waals surface area contributed by atoms with E-state index in [0.717, 1.165) is 29.1 Å². The van der Waals surface area contributed by atoms with Crippen molar-refractivity contribution in [3.63, 3.8) is 0 Å². The second-order valence-electron chi connectivity index (χ2n) is 7.45. The zero-order chi connectivity index (χ0) is 20.0. The summed E-state index contributed by atoms with van der Waals surface area (Å²) in [5, 5.41) is 13.0. The van der Waals surface area contributed by atoms with Crippen LogP contribution in [0.1, 0.15) is 13.3 Å². The highest BCUT2D eigenvalue weighted by Crippen LogP contribution is 2.35. The van der Waals surface area contributed by atoms with E-state index in [1.807, 2.05) is 35.2 Å². The zero-order valence-electron chi connectivity index (χ0n) is 16.4. The minimum atomic E-state index is -0.310. The Bertz CT molecular complexity index is 1070. The SMILES string of the molecule is CCC12COC(=O)N1CCN(c1cc(-c3ccc(OC)cc3)nn3cnnc13)C2. The summed E-state index contributed by atoms with van der Waals surface area (Å²) in [6, 6.07) is 9.84. The minimum Gasteiger partial charge on any atom is -0.497 e. The number of piperazine rings is 1. The largest absolute Gasteiger partial charge is 0.497 e. The van der Waals surface area contributed by atoms with Gasteiger partial charge in [0, 0.05) is 25.2 Å². The summed E-state index contributed by atoms with van der Waals surface area (Å²) in [6.45, 7) is 4.51. The second kappa shape index (κ2) is 6.61. The van der Waals surface area contributed by atoms with Gasteiger partial charge in [0.2, 0.25) is 5.65 Å². The van der Waals surface area contributed by atoms with Crippen LogP contribution in [0.25, 0.3) is 16.9 Å². The molecule has 9 nitrogen and oxygen atoms in total. The molecule has 9 heteroatoms. The van der Waals surface area contributed by atoms with Crippen LogP contribution in [0.3, 0.4) is 0 Å². The molecule has 150 valence electrons. The molecule has 4 heterocycles. The molecule has 2 aliphatic heterocycles. The average Bonchev–Trinajstić information content (AvgIpc) is 3.37. The van der Waals surface area contributed by atoms with Crippen molar-refractivity contribution in [2.75, 3.05) is 38.3 Å². The molecule has 1 atom stereocenters. The molecule has 2 fully saturated rings. The number of rotatable bonds is 4. The van der Waals surface area contributed by atoms with Crippen molar-refractivity contribution in [2.45, 2.75) is 18.9 Å². The van der Waals surface area contributed by atoms with Crippen LogP contribution in [0.5, 0.6) is 5.75 Å². The maximum Gasteiger partial charge on any atom is 0.410 e. The number of anilines is 1. The highest BCUT2D eigenvalue weighted by atomic mass is 16.6. The first-order valence-electron chi connectivity index (χ1n) is 9.68. The maximum atomic E-state index is 12.1. The van der Waals surface area contributed by atoms with Crippen LogP contribution in [0.4, 0.5) is 10.5 Å². The fourth-order valence-electron chi connectivity index (χ4n) is 4.22. The Morgan fingerprint density at radius 1 is 1.24 bits per heavy atom. The Labute approximate surface area is 167 Å². The molecule has 0 aliphatic carbocycles. The summed E-state index contributed by atoms with van der Waals surface area (Å²) in [5.41, 5.74) is 3.14. The van der Waals surface area contributed by atoms with Gasteiger partial charge in [-0.2, -0.15) is 9.61 Å². The first kappa shape index (κ1) is 17.7. The molecule has 0 saturated carbocycles. The molecule has 1 unspecified atom stereocenters. The number of benzene rings is 1. The van der Waals surface area contributed by atoms with Gasteiger partial charge in [-0.25, -0.2) is 4.79 Å². The molecule has 0 radical (unpaired) electrons. The fraction of sp³-hybridized carbons (Fsp3) is 0.400. The highest BCUT2D eigenvalue weighted by molar-refractivity contribution is 5.76. The fourth-order valence-corrected chi connectivity index (χ4v) is 4.22. The first-order chi connectivity index (χ1) is 14.1. The van der Waals surface area contributed by atoms with E-state index in [9.17, 15) is 4.79 Å². The summed E-state index contributed by atoms with van der Waals surface area (Å²) in [5.74, 6) is 0.797. The van der Waals surface area contributed by atoms with Gasteiger partial charge in [0.05, 0.1) is 24.0 Å². The van der Waals surface area contributed by atoms with E-state index in [0.29, 0.717) is 31.9 Å². The Morgan fingerprint density at radius 3 is 2.83 bits per heavy atom. The molecule has 29 heavy (non-hydrogen) atoms. The van der Waals surface area contributed by atoms with Crippen molar-refractivity contribution in [1.29, 1.82) is 0 Å². The maximum absolute atomic E-state index is 12.1. The number of hydrogen-bond donors (Lipinski definition) is 0. The molecule has 0 spiro atoms. The number of carbonyl (C=O) groups excluding carboxylic acids is 1. The lowest BCUT2D eigenvalue weighted by atomic mass is 9.92. The van der Waals surface area contributed by atoms with Gasteiger partial charge in [0.25, 0.3) is 0 Å². The molecule has 5 rings (SSSR count). The normalized spacial score (nSPS) is 21.4. The molecule has 2 aliphatic rings. The van der Waals surface area contributed by atoms with Crippen LogP contribution in [0.15, 0.2) is 36.7 Å². The van der Waals surface area contributed by atoms with Crippen LogP contribution in [0, 0.1) is 0 Å². The molecular weight excluding hydrogens is 372 g/mol. The third-order valence-electron chi connectivity index (χ3n) is 5.97. The average molecular weight is 394 g/mol. The number of cyclic esters (lactones) is 1. The van der Waals surface area contributed by atoms with Gasteiger partial charge in [-0.3, -0.25) is 4.90 Å². The second-order valence-corrected chi connectivity index (χ2v) is 7.45. The predicted molar refractivity (Wildman–Crippen MR) is 106 cm³/mol. The molecule has 1 amide bonds. The Balaban J connectivity index is 1.56. The highest BCUT2D eigenvalue weighted by Gasteiger charge is 2.49. The Kier molecular flexibility index (Phi) is 4.04. The van der Waals surface area contributed by atoms with Crippen LogP contribution in [-0.4, -0.2) is 69.7 Å². The van der Waals surface area contributed by atoms with Crippen LogP contribution in [-0.2, 0) is 4.74 Å². The lowest BCUT2D eigenvalue weighted by molar-refractivity contribution is 0.138. The molecule has 3 aromatic rings. The molecule has 2 aromatic heterocycles. The third kappa shape index (κ3) is 2.76. The zero-order valence-corrected chi connectivity index (χ0v) is 16.4. The number of nitrogens with zero attached hydrogens (tertiary/aromatic N) is 6. The van der Waals surface area contributed by atoms with Gasteiger partial charge in [0.1, 0.15) is 18.7 Å². The number of fused-ring (bicyclic) bond motifs is 2. The quantitative estimate of drug-likeness (QED) is 0.671. The molecule has 1 aromatic carbocycles. The first-order valence-corrected chi connectivity index (χ1v) is 9.68. The van der Waals surface area contributed by atoms with Crippen molar-refractivity contribution in [1.82, 2.24) is 24.7 Å². The third-order valence-corrected chi connectivity index (χ3v) is 5.97. The number of carbonyl (C=O) groups is 1. The molecular formula is C20H22N6O3. The topological polar surface area (TPSA) is 85.1 Å².